The molecule has 1 N–H and O–H groups in total. The number of hydrogen-bond acceptors (Lipinski definition) is 4. The molecule has 0 aromatic rings. The predicted octanol–water partition coefficient (Wildman–Crippen LogP) is 1.34. The number of ether oxygens (including phenoxy) is 1. The van der Waals surface area contributed by atoms with Crippen LogP contribution in [-0.2, 0) is 14.3 Å². The summed E-state index contributed by atoms with van der Waals surface area (Å²) in [6, 6.07) is -0.597. The van der Waals surface area contributed by atoms with Crippen LogP contribution in [0.2, 0.25) is 0 Å². The van der Waals surface area contributed by atoms with E-state index in [-0.39, 0.29) is 17.9 Å². The van der Waals surface area contributed by atoms with Crippen LogP contribution in [0.4, 0.5) is 0 Å². The van der Waals surface area contributed by atoms with E-state index in [2.05, 4.69) is 0 Å². The highest BCUT2D eigenvalue weighted by Crippen LogP contribution is 2.60. The highest BCUT2D eigenvalue weighted by atomic mass is 16.5. The number of methoxy groups -OCH3 is 1. The topological polar surface area (TPSA) is 66.8 Å². The quantitative estimate of drug-likeness (QED) is 0.782. The SMILES string of the molecule is COC(=O)[C@@H]1C[C@@H](O)CN1C(=O)C12CC3CC(CC(C3)C1)C2. The van der Waals surface area contributed by atoms with Gasteiger partial charge < -0.3 is 14.7 Å². The van der Waals surface area contributed by atoms with E-state index < -0.39 is 18.1 Å². The summed E-state index contributed by atoms with van der Waals surface area (Å²) < 4.78 is 4.84. The van der Waals surface area contributed by atoms with E-state index in [1.807, 2.05) is 0 Å². The molecule has 1 heterocycles. The summed E-state index contributed by atoms with van der Waals surface area (Å²) >= 11 is 0. The van der Waals surface area contributed by atoms with Crippen molar-refractivity contribution in [2.75, 3.05) is 13.7 Å². The normalized spacial score (nSPS) is 46.1. The summed E-state index contributed by atoms with van der Waals surface area (Å²) in [5, 5.41) is 9.94. The molecule has 0 spiro atoms. The van der Waals surface area contributed by atoms with Crippen LogP contribution < -0.4 is 0 Å². The van der Waals surface area contributed by atoms with Crippen LogP contribution in [-0.4, -0.2) is 47.7 Å². The maximum Gasteiger partial charge on any atom is 0.328 e. The number of aliphatic hydroxyl groups excluding tert-OH is 1. The zero-order valence-electron chi connectivity index (χ0n) is 13.2. The number of aliphatic hydroxyl groups is 1. The van der Waals surface area contributed by atoms with Crippen molar-refractivity contribution in [3.8, 4) is 0 Å². The Morgan fingerprint density at radius 1 is 1.05 bits per heavy atom. The van der Waals surface area contributed by atoms with Crippen LogP contribution in [0.1, 0.15) is 44.9 Å². The van der Waals surface area contributed by atoms with Crippen molar-refractivity contribution in [1.29, 1.82) is 0 Å². The van der Waals surface area contributed by atoms with Gasteiger partial charge in [-0.2, -0.15) is 0 Å². The van der Waals surface area contributed by atoms with Crippen molar-refractivity contribution < 1.29 is 19.4 Å². The van der Waals surface area contributed by atoms with E-state index in [1.165, 1.54) is 26.4 Å². The molecule has 1 saturated heterocycles. The standard InChI is InChI=1S/C17H25NO4/c1-22-15(20)14-5-13(19)9-18(14)16(21)17-6-10-2-11(7-17)4-12(3-10)8-17/h10-14,19H,2-9H2,1H3/t10?,11?,12?,13-,14+,17?/m1/s1. The molecule has 2 atom stereocenters. The minimum Gasteiger partial charge on any atom is -0.467 e. The molecule has 5 nitrogen and oxygen atoms in total. The minimum absolute atomic E-state index is 0.110. The second-order valence-electron chi connectivity index (χ2n) is 8.08. The second-order valence-corrected chi connectivity index (χ2v) is 8.08. The van der Waals surface area contributed by atoms with Crippen LogP contribution in [0, 0.1) is 23.2 Å². The van der Waals surface area contributed by atoms with Gasteiger partial charge in [-0.25, -0.2) is 4.79 Å². The third-order valence-electron chi connectivity index (χ3n) is 6.51. The van der Waals surface area contributed by atoms with Gasteiger partial charge in [0.2, 0.25) is 5.91 Å². The lowest BCUT2D eigenvalue weighted by Gasteiger charge is -2.56. The first-order valence-electron chi connectivity index (χ1n) is 8.58. The van der Waals surface area contributed by atoms with Crippen molar-refractivity contribution in [3.63, 3.8) is 0 Å². The van der Waals surface area contributed by atoms with E-state index >= 15 is 0 Å². The number of amides is 1. The number of hydrogen-bond donors (Lipinski definition) is 1. The van der Waals surface area contributed by atoms with E-state index in [4.69, 9.17) is 4.74 Å². The molecule has 0 aromatic heterocycles. The Kier molecular flexibility index (Phi) is 3.26. The Hall–Kier alpha value is -1.10. The molecule has 1 aliphatic heterocycles. The van der Waals surface area contributed by atoms with Gasteiger partial charge in [0.15, 0.2) is 0 Å². The van der Waals surface area contributed by atoms with Crippen LogP contribution in [0.3, 0.4) is 0 Å². The average molecular weight is 307 g/mol. The largest absolute Gasteiger partial charge is 0.467 e. The molecular weight excluding hydrogens is 282 g/mol. The summed E-state index contributed by atoms with van der Waals surface area (Å²) in [5.74, 6) is 1.80. The summed E-state index contributed by atoms with van der Waals surface area (Å²) in [4.78, 5) is 26.9. The zero-order chi connectivity index (χ0) is 15.5. The third-order valence-corrected chi connectivity index (χ3v) is 6.51. The summed E-state index contributed by atoms with van der Waals surface area (Å²) in [6.07, 6.45) is 6.52. The molecule has 122 valence electrons. The number of β-amino-alcohol motifs (C(OH)–C–C–N with tert-alkyl or cyclic N) is 1. The lowest BCUT2D eigenvalue weighted by Crippen LogP contribution is -2.56. The van der Waals surface area contributed by atoms with Crippen LogP contribution >= 0.6 is 0 Å². The van der Waals surface area contributed by atoms with Crippen molar-refractivity contribution in [1.82, 2.24) is 4.90 Å². The molecule has 1 amide bonds. The van der Waals surface area contributed by atoms with Crippen molar-refractivity contribution >= 4 is 11.9 Å². The number of esters is 1. The van der Waals surface area contributed by atoms with Crippen molar-refractivity contribution in [2.24, 2.45) is 23.2 Å². The van der Waals surface area contributed by atoms with Gasteiger partial charge in [0.1, 0.15) is 6.04 Å². The highest BCUT2D eigenvalue weighted by molar-refractivity contribution is 5.89. The minimum atomic E-state index is -0.609. The summed E-state index contributed by atoms with van der Waals surface area (Å²) in [6.45, 7) is 0.278. The monoisotopic (exact) mass is 307 g/mol. The number of carbonyl (C=O) groups is 2. The van der Waals surface area contributed by atoms with Gasteiger partial charge in [-0.3, -0.25) is 4.79 Å². The predicted molar refractivity (Wildman–Crippen MR) is 78.7 cm³/mol. The second kappa shape index (κ2) is 4.95. The zero-order valence-corrected chi connectivity index (χ0v) is 13.2. The average Bonchev–Trinajstić information content (AvgIpc) is 2.86. The molecule has 5 rings (SSSR count). The maximum atomic E-state index is 13.3. The third kappa shape index (κ3) is 2.08. The Labute approximate surface area is 131 Å². The first-order chi connectivity index (χ1) is 10.5. The van der Waals surface area contributed by atoms with Crippen LogP contribution in [0.5, 0.6) is 0 Å². The Balaban J connectivity index is 1.59. The van der Waals surface area contributed by atoms with Crippen LogP contribution in [0.15, 0.2) is 0 Å². The van der Waals surface area contributed by atoms with Crippen molar-refractivity contribution in [3.05, 3.63) is 0 Å². The van der Waals surface area contributed by atoms with E-state index in [0.717, 1.165) is 19.3 Å². The highest BCUT2D eigenvalue weighted by Gasteiger charge is 2.57. The number of carbonyl (C=O) groups excluding carboxylic acids is 2. The molecule has 4 saturated carbocycles. The molecule has 4 aliphatic carbocycles. The summed E-state index contributed by atoms with van der Waals surface area (Å²) in [7, 11) is 1.35. The first-order valence-corrected chi connectivity index (χ1v) is 8.58. The lowest BCUT2D eigenvalue weighted by molar-refractivity contribution is -0.164. The number of rotatable bonds is 2. The fourth-order valence-electron chi connectivity index (χ4n) is 6.07. The molecule has 4 bridgehead atoms. The maximum absolute atomic E-state index is 13.3. The molecule has 0 aromatic carbocycles. The van der Waals surface area contributed by atoms with Gasteiger partial charge >= 0.3 is 5.97 Å². The van der Waals surface area contributed by atoms with Gasteiger partial charge in [-0.1, -0.05) is 0 Å². The molecule has 0 unspecified atom stereocenters. The van der Waals surface area contributed by atoms with Crippen LogP contribution in [0.25, 0.3) is 0 Å². The van der Waals surface area contributed by atoms with Gasteiger partial charge in [0.05, 0.1) is 18.6 Å². The lowest BCUT2D eigenvalue weighted by atomic mass is 9.49. The summed E-state index contributed by atoms with van der Waals surface area (Å²) in [5.41, 5.74) is -0.259. The van der Waals surface area contributed by atoms with Crippen molar-refractivity contribution in [2.45, 2.75) is 57.1 Å². The molecule has 5 fully saturated rings. The Bertz CT molecular complexity index is 468. The Morgan fingerprint density at radius 3 is 2.09 bits per heavy atom. The van der Waals surface area contributed by atoms with Gasteiger partial charge in [0.25, 0.3) is 0 Å². The fourth-order valence-corrected chi connectivity index (χ4v) is 6.07. The van der Waals surface area contributed by atoms with E-state index in [1.54, 1.807) is 4.90 Å². The smallest absolute Gasteiger partial charge is 0.328 e. The Morgan fingerprint density at radius 2 is 1.59 bits per heavy atom. The molecule has 0 radical (unpaired) electrons. The number of nitrogens with zero attached hydrogens (tertiary/aromatic N) is 1. The fraction of sp³-hybridized carbons (Fsp3) is 0.882. The molecule has 22 heavy (non-hydrogen) atoms. The number of likely N-dealkylation sites (tertiary alicyclic amines) is 1. The molecule has 5 aliphatic rings. The van der Waals surface area contributed by atoms with Gasteiger partial charge in [0, 0.05) is 13.0 Å². The molecular formula is C17H25NO4. The van der Waals surface area contributed by atoms with E-state index in [9.17, 15) is 14.7 Å². The molecule has 5 heteroatoms. The van der Waals surface area contributed by atoms with Gasteiger partial charge in [-0.05, 0) is 56.3 Å². The van der Waals surface area contributed by atoms with E-state index in [0.29, 0.717) is 24.2 Å². The van der Waals surface area contributed by atoms with Gasteiger partial charge in [-0.15, -0.1) is 0 Å². The first kappa shape index (κ1) is 14.5.